The molecule has 0 spiro atoms. The predicted octanol–water partition coefficient (Wildman–Crippen LogP) is 3.67. The van der Waals surface area contributed by atoms with Gasteiger partial charge in [0.05, 0.1) is 21.4 Å². The molecule has 0 saturated carbocycles. The van der Waals surface area contributed by atoms with Gasteiger partial charge in [-0.2, -0.15) is 5.10 Å². The number of nitrogens with one attached hydrogen (secondary N) is 1. The first-order valence-electron chi connectivity index (χ1n) is 8.39. The number of thiazole rings is 1. The molecule has 0 radical (unpaired) electrons. The molecule has 0 bridgehead atoms. The van der Waals surface area contributed by atoms with E-state index < -0.39 is 0 Å². The van der Waals surface area contributed by atoms with Crippen LogP contribution >= 0.6 is 11.3 Å². The van der Waals surface area contributed by atoms with Crippen molar-refractivity contribution in [3.05, 3.63) is 71.4 Å². The van der Waals surface area contributed by atoms with E-state index in [9.17, 15) is 4.79 Å². The third kappa shape index (κ3) is 3.36. The summed E-state index contributed by atoms with van der Waals surface area (Å²) in [7, 11) is 1.93. The van der Waals surface area contributed by atoms with Gasteiger partial charge in [0, 0.05) is 25.4 Å². The lowest BCUT2D eigenvalue weighted by Gasteiger charge is -2.07. The number of aryl methyl sites for hydroxylation is 1. The van der Waals surface area contributed by atoms with Crippen molar-refractivity contribution >= 4 is 27.5 Å². The molecule has 2 aromatic heterocycles. The van der Waals surface area contributed by atoms with Crippen LogP contribution in [0.15, 0.2) is 60.2 Å². The fraction of sp³-hybridized carbons (Fsp3) is 0.150. The summed E-state index contributed by atoms with van der Waals surface area (Å²) in [4.78, 5) is 16.5. The number of hydrogen-bond acceptors (Lipinski definition) is 4. The number of carbonyl (C=O) groups is 1. The molecule has 0 fully saturated rings. The second kappa shape index (κ2) is 7.09. The zero-order chi connectivity index (χ0) is 17.9. The number of nitrogens with zero attached hydrogens (tertiary/aromatic N) is 3. The normalized spacial score (nSPS) is 11.0. The van der Waals surface area contributed by atoms with Crippen LogP contribution in [0, 0.1) is 0 Å². The van der Waals surface area contributed by atoms with Gasteiger partial charge in [-0.15, -0.1) is 11.3 Å². The molecule has 2 aromatic carbocycles. The van der Waals surface area contributed by atoms with Crippen LogP contribution in [0.3, 0.4) is 0 Å². The number of amides is 1. The van der Waals surface area contributed by atoms with Gasteiger partial charge in [0.2, 0.25) is 0 Å². The molecule has 0 aliphatic carbocycles. The number of hydrogen-bond donors (Lipinski definition) is 1. The molecular formula is C20H18N4OS. The Balaban J connectivity index is 1.35. The molecule has 0 atom stereocenters. The highest BCUT2D eigenvalue weighted by Crippen LogP contribution is 2.20. The fourth-order valence-corrected chi connectivity index (χ4v) is 3.63. The molecule has 4 rings (SSSR count). The zero-order valence-corrected chi connectivity index (χ0v) is 15.2. The van der Waals surface area contributed by atoms with Gasteiger partial charge in [0.25, 0.3) is 5.91 Å². The number of fused-ring (bicyclic) bond motifs is 1. The van der Waals surface area contributed by atoms with E-state index in [1.54, 1.807) is 23.0 Å². The smallest absolute Gasteiger partial charge is 0.251 e. The maximum atomic E-state index is 12.3. The van der Waals surface area contributed by atoms with E-state index in [1.807, 2.05) is 36.0 Å². The Bertz CT molecular complexity index is 1050. The lowest BCUT2D eigenvalue weighted by molar-refractivity contribution is 0.0954. The highest BCUT2D eigenvalue weighted by atomic mass is 32.1. The summed E-state index contributed by atoms with van der Waals surface area (Å²) >= 11 is 1.54. The molecule has 0 aliphatic heterocycles. The van der Waals surface area contributed by atoms with Crippen molar-refractivity contribution < 1.29 is 4.79 Å². The average Bonchev–Trinajstić information content (AvgIpc) is 3.30. The number of aromatic nitrogens is 3. The van der Waals surface area contributed by atoms with Gasteiger partial charge >= 0.3 is 0 Å². The summed E-state index contributed by atoms with van der Waals surface area (Å²) in [5, 5.41) is 7.18. The van der Waals surface area contributed by atoms with Gasteiger partial charge in [-0.25, -0.2) is 4.98 Å². The molecule has 0 aliphatic rings. The van der Waals surface area contributed by atoms with Crippen molar-refractivity contribution in [2.45, 2.75) is 6.42 Å². The van der Waals surface area contributed by atoms with Crippen LogP contribution in [0.2, 0.25) is 0 Å². The van der Waals surface area contributed by atoms with E-state index in [0.29, 0.717) is 12.1 Å². The maximum Gasteiger partial charge on any atom is 0.251 e. The third-order valence-corrected chi connectivity index (χ3v) is 5.16. The van der Waals surface area contributed by atoms with E-state index in [0.717, 1.165) is 27.9 Å². The first-order chi connectivity index (χ1) is 12.7. The van der Waals surface area contributed by atoms with Gasteiger partial charge in [0.1, 0.15) is 0 Å². The van der Waals surface area contributed by atoms with Crippen molar-refractivity contribution in [2.75, 3.05) is 6.54 Å². The minimum Gasteiger partial charge on any atom is -0.352 e. The molecule has 5 nitrogen and oxygen atoms in total. The largest absolute Gasteiger partial charge is 0.352 e. The average molecular weight is 362 g/mol. The Hall–Kier alpha value is -2.99. The molecule has 1 N–H and O–H groups in total. The van der Waals surface area contributed by atoms with E-state index in [2.05, 4.69) is 39.7 Å². The minimum atomic E-state index is -0.0493. The van der Waals surface area contributed by atoms with E-state index in [-0.39, 0.29) is 5.91 Å². The van der Waals surface area contributed by atoms with Crippen molar-refractivity contribution in [1.82, 2.24) is 20.1 Å². The lowest BCUT2D eigenvalue weighted by Crippen LogP contribution is -2.25. The Morgan fingerprint density at radius 2 is 2.00 bits per heavy atom. The molecule has 6 heteroatoms. The SMILES string of the molecule is Cn1nccc1-c1ccc(CCNC(=O)c2ccc3ncsc3c2)cc1. The Morgan fingerprint density at radius 1 is 1.15 bits per heavy atom. The lowest BCUT2D eigenvalue weighted by atomic mass is 10.1. The minimum absolute atomic E-state index is 0.0493. The molecule has 1 amide bonds. The van der Waals surface area contributed by atoms with Crippen LogP contribution in [-0.4, -0.2) is 27.2 Å². The van der Waals surface area contributed by atoms with Crippen LogP contribution in [0.1, 0.15) is 15.9 Å². The Kier molecular flexibility index (Phi) is 4.50. The maximum absolute atomic E-state index is 12.3. The first kappa shape index (κ1) is 16.5. The van der Waals surface area contributed by atoms with Gasteiger partial charge in [0.15, 0.2) is 0 Å². The molecule has 2 heterocycles. The number of benzene rings is 2. The summed E-state index contributed by atoms with van der Waals surface area (Å²) in [5.74, 6) is -0.0493. The monoisotopic (exact) mass is 362 g/mol. The summed E-state index contributed by atoms with van der Waals surface area (Å²) in [6, 6.07) is 16.0. The van der Waals surface area contributed by atoms with Crippen molar-refractivity contribution in [1.29, 1.82) is 0 Å². The molecule has 26 heavy (non-hydrogen) atoms. The summed E-state index contributed by atoms with van der Waals surface area (Å²) in [5.41, 5.74) is 6.81. The van der Waals surface area contributed by atoms with E-state index in [1.165, 1.54) is 5.56 Å². The molecule has 130 valence electrons. The molecule has 0 saturated heterocycles. The quantitative estimate of drug-likeness (QED) is 0.589. The summed E-state index contributed by atoms with van der Waals surface area (Å²) in [6.45, 7) is 0.602. The topological polar surface area (TPSA) is 59.8 Å². The first-order valence-corrected chi connectivity index (χ1v) is 9.27. The predicted molar refractivity (Wildman–Crippen MR) is 104 cm³/mol. The Morgan fingerprint density at radius 3 is 2.77 bits per heavy atom. The number of carbonyl (C=O) groups excluding carboxylic acids is 1. The standard InChI is InChI=1S/C20H18N4OS/c1-24-18(9-11-23-24)15-4-2-14(3-5-15)8-10-21-20(25)16-6-7-17-19(12-16)26-13-22-17/h2-7,9,11-13H,8,10H2,1H3,(H,21,25). The molecule has 4 aromatic rings. The van der Waals surface area contributed by atoms with Gasteiger partial charge in [-0.05, 0) is 41.8 Å². The summed E-state index contributed by atoms with van der Waals surface area (Å²) < 4.78 is 2.89. The number of rotatable bonds is 5. The second-order valence-corrected chi connectivity index (χ2v) is 6.96. The fourth-order valence-electron chi connectivity index (χ4n) is 2.92. The van der Waals surface area contributed by atoms with Crippen molar-refractivity contribution in [3.8, 4) is 11.3 Å². The van der Waals surface area contributed by atoms with Crippen LogP contribution in [0.25, 0.3) is 21.5 Å². The van der Waals surface area contributed by atoms with Gasteiger partial charge in [-0.1, -0.05) is 24.3 Å². The summed E-state index contributed by atoms with van der Waals surface area (Å²) in [6.07, 6.45) is 2.59. The van der Waals surface area contributed by atoms with Crippen LogP contribution < -0.4 is 5.32 Å². The third-order valence-electron chi connectivity index (χ3n) is 4.36. The van der Waals surface area contributed by atoms with E-state index in [4.69, 9.17) is 0 Å². The van der Waals surface area contributed by atoms with Crippen LogP contribution in [-0.2, 0) is 13.5 Å². The van der Waals surface area contributed by atoms with Gasteiger partial charge in [-0.3, -0.25) is 9.48 Å². The molecule has 0 unspecified atom stereocenters. The van der Waals surface area contributed by atoms with Crippen LogP contribution in [0.5, 0.6) is 0 Å². The van der Waals surface area contributed by atoms with Crippen molar-refractivity contribution in [3.63, 3.8) is 0 Å². The van der Waals surface area contributed by atoms with E-state index >= 15 is 0 Å². The van der Waals surface area contributed by atoms with Crippen molar-refractivity contribution in [2.24, 2.45) is 7.05 Å². The highest BCUT2D eigenvalue weighted by Gasteiger charge is 2.07. The molecular weight excluding hydrogens is 344 g/mol. The van der Waals surface area contributed by atoms with Crippen LogP contribution in [0.4, 0.5) is 0 Å². The van der Waals surface area contributed by atoms with Gasteiger partial charge < -0.3 is 5.32 Å². The second-order valence-electron chi connectivity index (χ2n) is 6.08. The Labute approximate surface area is 155 Å². The highest BCUT2D eigenvalue weighted by molar-refractivity contribution is 7.16. The zero-order valence-electron chi connectivity index (χ0n) is 14.3.